The van der Waals surface area contributed by atoms with Crippen molar-refractivity contribution in [1.82, 2.24) is 15.0 Å². The third kappa shape index (κ3) is 2.19. The summed E-state index contributed by atoms with van der Waals surface area (Å²) in [5.41, 5.74) is 4.24. The Morgan fingerprint density at radius 1 is 1.18 bits per heavy atom. The monoisotopic (exact) mass is 262 g/mol. The molecule has 90 valence electrons. The lowest BCUT2D eigenvalue weighted by Gasteiger charge is -2.09. The summed E-state index contributed by atoms with van der Waals surface area (Å²) in [4.78, 5) is 0. The number of nitrogens with two attached hydrogens (primary N) is 1. The van der Waals surface area contributed by atoms with E-state index in [1.807, 2.05) is 0 Å². The molecule has 0 amide bonds. The van der Waals surface area contributed by atoms with Gasteiger partial charge in [-0.3, -0.25) is 0 Å². The second-order valence-electron chi connectivity index (χ2n) is 3.21. The minimum Gasteiger partial charge on any atom is -0.380 e. The molecule has 1 aromatic carbocycles. The molecule has 0 saturated heterocycles. The van der Waals surface area contributed by atoms with Gasteiger partial charge in [-0.2, -0.15) is 13.2 Å². The second-order valence-corrected chi connectivity index (χ2v) is 3.65. The molecule has 8 heteroatoms. The maximum absolute atomic E-state index is 12.7. The van der Waals surface area contributed by atoms with Crippen molar-refractivity contribution in [3.05, 3.63) is 35.0 Å². The first-order chi connectivity index (χ1) is 7.89. The van der Waals surface area contributed by atoms with E-state index >= 15 is 0 Å². The fraction of sp³-hybridized carbons (Fsp3) is 0.111. The predicted octanol–water partition coefficient (Wildman–Crippen LogP) is 2.52. The first-order valence-electron chi connectivity index (χ1n) is 4.44. The minimum absolute atomic E-state index is 0.186. The van der Waals surface area contributed by atoms with Crippen molar-refractivity contribution in [3.8, 4) is 5.69 Å². The normalized spacial score (nSPS) is 11.8. The van der Waals surface area contributed by atoms with Crippen LogP contribution in [-0.2, 0) is 6.18 Å². The van der Waals surface area contributed by atoms with E-state index in [9.17, 15) is 13.2 Å². The Kier molecular flexibility index (Phi) is 2.70. The predicted molar refractivity (Wildman–Crippen MR) is 55.8 cm³/mol. The van der Waals surface area contributed by atoms with Gasteiger partial charge in [-0.25, -0.2) is 4.68 Å². The molecule has 0 aliphatic rings. The van der Waals surface area contributed by atoms with Gasteiger partial charge in [0.1, 0.15) is 0 Å². The fourth-order valence-corrected chi connectivity index (χ4v) is 1.45. The fourth-order valence-electron chi connectivity index (χ4n) is 1.32. The summed E-state index contributed by atoms with van der Waals surface area (Å²) in [6.45, 7) is 0. The molecule has 0 fully saturated rings. The lowest BCUT2D eigenvalue weighted by molar-refractivity contribution is -0.142. The number of hydrogen-bond donors (Lipinski definition) is 1. The number of rotatable bonds is 1. The van der Waals surface area contributed by atoms with Crippen molar-refractivity contribution in [2.45, 2.75) is 6.18 Å². The van der Waals surface area contributed by atoms with Crippen LogP contribution in [0, 0.1) is 0 Å². The molecule has 1 aromatic heterocycles. The minimum atomic E-state index is -4.62. The van der Waals surface area contributed by atoms with E-state index in [0.29, 0.717) is 9.70 Å². The molecular weight excluding hydrogens is 257 g/mol. The van der Waals surface area contributed by atoms with Crippen LogP contribution in [0.1, 0.15) is 5.69 Å². The summed E-state index contributed by atoms with van der Waals surface area (Å²) in [5.74, 6) is -0.660. The number of benzene rings is 1. The molecule has 0 radical (unpaired) electrons. The van der Waals surface area contributed by atoms with Crippen LogP contribution in [0.2, 0.25) is 5.02 Å². The molecule has 0 spiro atoms. The Morgan fingerprint density at radius 3 is 2.29 bits per heavy atom. The number of hydrogen-bond acceptors (Lipinski definition) is 3. The summed E-state index contributed by atoms with van der Waals surface area (Å²) in [5, 5.41) is 6.99. The van der Waals surface area contributed by atoms with Gasteiger partial charge in [0.15, 0.2) is 11.5 Å². The zero-order chi connectivity index (χ0) is 12.6. The van der Waals surface area contributed by atoms with E-state index in [4.69, 9.17) is 17.3 Å². The Morgan fingerprint density at radius 2 is 1.76 bits per heavy atom. The van der Waals surface area contributed by atoms with Crippen LogP contribution >= 0.6 is 11.6 Å². The van der Waals surface area contributed by atoms with Crippen LogP contribution in [-0.4, -0.2) is 15.0 Å². The van der Waals surface area contributed by atoms with Crippen LogP contribution < -0.4 is 5.73 Å². The van der Waals surface area contributed by atoms with E-state index < -0.39 is 17.7 Å². The molecule has 0 atom stereocenters. The molecule has 4 nitrogen and oxygen atoms in total. The lowest BCUT2D eigenvalue weighted by atomic mass is 10.3. The maximum atomic E-state index is 12.7. The van der Waals surface area contributed by atoms with Crippen LogP contribution in [0.15, 0.2) is 24.3 Å². The van der Waals surface area contributed by atoms with Gasteiger partial charge in [0.25, 0.3) is 0 Å². The molecular formula is C9H6ClF3N4. The Balaban J connectivity index is 2.57. The number of halogens is 4. The molecule has 0 unspecified atom stereocenters. The summed E-state index contributed by atoms with van der Waals surface area (Å²) in [6, 6.07) is 5.70. The van der Waals surface area contributed by atoms with E-state index in [1.54, 1.807) is 0 Å². The molecule has 2 rings (SSSR count). The largest absolute Gasteiger partial charge is 0.437 e. The van der Waals surface area contributed by atoms with Crippen LogP contribution in [0.3, 0.4) is 0 Å². The van der Waals surface area contributed by atoms with Crippen molar-refractivity contribution >= 4 is 17.4 Å². The average Bonchev–Trinajstić information content (AvgIpc) is 2.61. The summed E-state index contributed by atoms with van der Waals surface area (Å²) < 4.78 is 38.7. The van der Waals surface area contributed by atoms with Gasteiger partial charge in [0.05, 0.1) is 5.69 Å². The number of anilines is 1. The Labute approximate surface area is 98.8 Å². The smallest absolute Gasteiger partial charge is 0.380 e. The van der Waals surface area contributed by atoms with Crippen molar-refractivity contribution in [1.29, 1.82) is 0 Å². The van der Waals surface area contributed by atoms with Gasteiger partial charge in [0.2, 0.25) is 0 Å². The number of aromatic nitrogens is 3. The third-order valence-corrected chi connectivity index (χ3v) is 2.29. The van der Waals surface area contributed by atoms with Gasteiger partial charge in [-0.1, -0.05) is 16.8 Å². The molecule has 0 saturated carbocycles. The van der Waals surface area contributed by atoms with E-state index in [-0.39, 0.29) is 5.69 Å². The highest BCUT2D eigenvalue weighted by atomic mass is 35.5. The Hall–Kier alpha value is -1.76. The molecule has 2 N–H and O–H groups in total. The number of nitrogen functional groups attached to an aromatic ring is 1. The molecule has 0 aliphatic carbocycles. The number of nitrogens with zero attached hydrogens (tertiary/aromatic N) is 3. The summed E-state index contributed by atoms with van der Waals surface area (Å²) in [6.07, 6.45) is -4.62. The highest BCUT2D eigenvalue weighted by Crippen LogP contribution is 2.33. The van der Waals surface area contributed by atoms with Crippen molar-refractivity contribution < 1.29 is 13.2 Å². The van der Waals surface area contributed by atoms with E-state index in [2.05, 4.69) is 10.3 Å². The number of alkyl halides is 3. The first-order valence-corrected chi connectivity index (χ1v) is 4.81. The molecule has 2 aromatic rings. The van der Waals surface area contributed by atoms with Crippen LogP contribution in [0.25, 0.3) is 5.69 Å². The van der Waals surface area contributed by atoms with E-state index in [1.165, 1.54) is 24.3 Å². The van der Waals surface area contributed by atoms with Crippen LogP contribution in [0.5, 0.6) is 0 Å². The molecule has 17 heavy (non-hydrogen) atoms. The van der Waals surface area contributed by atoms with Crippen molar-refractivity contribution in [3.63, 3.8) is 0 Å². The topological polar surface area (TPSA) is 56.7 Å². The summed E-state index contributed by atoms with van der Waals surface area (Å²) >= 11 is 5.64. The zero-order valence-electron chi connectivity index (χ0n) is 8.24. The Bertz CT molecular complexity index is 532. The van der Waals surface area contributed by atoms with Gasteiger partial charge in [0, 0.05) is 5.02 Å². The standard InChI is InChI=1S/C9H6ClF3N4/c10-5-1-3-6(4-2-5)17-7(9(11,12)13)8(14)15-16-17/h1-4H,14H2. The SMILES string of the molecule is Nc1nnn(-c2ccc(Cl)cc2)c1C(F)(F)F. The zero-order valence-corrected chi connectivity index (χ0v) is 9.00. The quantitative estimate of drug-likeness (QED) is 0.859. The van der Waals surface area contributed by atoms with Crippen LogP contribution in [0.4, 0.5) is 19.0 Å². The molecule has 1 heterocycles. The average molecular weight is 263 g/mol. The van der Waals surface area contributed by atoms with Gasteiger partial charge >= 0.3 is 6.18 Å². The van der Waals surface area contributed by atoms with Gasteiger partial charge in [-0.15, -0.1) is 5.10 Å². The van der Waals surface area contributed by atoms with Gasteiger partial charge < -0.3 is 5.73 Å². The molecule has 0 bridgehead atoms. The second kappa shape index (κ2) is 3.92. The summed E-state index contributed by atoms with van der Waals surface area (Å²) in [7, 11) is 0. The third-order valence-electron chi connectivity index (χ3n) is 2.04. The van der Waals surface area contributed by atoms with Crippen molar-refractivity contribution in [2.75, 3.05) is 5.73 Å². The first kappa shape index (κ1) is 11.7. The molecule has 0 aliphatic heterocycles. The van der Waals surface area contributed by atoms with E-state index in [0.717, 1.165) is 0 Å². The highest BCUT2D eigenvalue weighted by Gasteiger charge is 2.39. The van der Waals surface area contributed by atoms with Gasteiger partial charge in [-0.05, 0) is 24.3 Å². The highest BCUT2D eigenvalue weighted by molar-refractivity contribution is 6.30. The lowest BCUT2D eigenvalue weighted by Crippen LogP contribution is -2.15. The maximum Gasteiger partial charge on any atom is 0.437 e. The van der Waals surface area contributed by atoms with Crippen molar-refractivity contribution in [2.24, 2.45) is 0 Å².